The Labute approximate surface area is 134 Å². The van der Waals surface area contributed by atoms with E-state index in [4.69, 9.17) is 23.2 Å². The molecule has 1 N–H and O–H groups in total. The van der Waals surface area contributed by atoms with Crippen molar-refractivity contribution in [3.05, 3.63) is 67.6 Å². The van der Waals surface area contributed by atoms with E-state index in [1.807, 2.05) is 0 Å². The van der Waals surface area contributed by atoms with Crippen molar-refractivity contribution >= 4 is 39.1 Å². The van der Waals surface area contributed by atoms with Gasteiger partial charge in [-0.25, -0.2) is 8.78 Å². The molecule has 2 rings (SSSR count). The zero-order valence-electron chi connectivity index (χ0n) is 10.4. The number of halogens is 5. The summed E-state index contributed by atoms with van der Waals surface area (Å²) >= 11 is 14.8. The van der Waals surface area contributed by atoms with Gasteiger partial charge in [0.25, 0.3) is 0 Å². The molecule has 6 heteroatoms. The van der Waals surface area contributed by atoms with Gasteiger partial charge in [0, 0.05) is 15.6 Å². The van der Waals surface area contributed by atoms with Gasteiger partial charge in [-0.15, -0.1) is 0 Å². The van der Waals surface area contributed by atoms with E-state index in [2.05, 4.69) is 21.2 Å². The Morgan fingerprint density at radius 3 is 2.35 bits per heavy atom. The average molecular weight is 381 g/mol. The molecule has 1 atom stereocenters. The Bertz CT molecular complexity index is 649. The van der Waals surface area contributed by atoms with Gasteiger partial charge in [0.2, 0.25) is 0 Å². The summed E-state index contributed by atoms with van der Waals surface area (Å²) in [6.45, 7) is 0. The van der Waals surface area contributed by atoms with Crippen LogP contribution in [0, 0.1) is 11.6 Å². The Kier molecular flexibility index (Phi) is 5.02. The normalized spacial score (nSPS) is 12.5. The van der Waals surface area contributed by atoms with Crippen LogP contribution in [0.15, 0.2) is 34.8 Å². The van der Waals surface area contributed by atoms with E-state index in [1.165, 1.54) is 6.07 Å². The first kappa shape index (κ1) is 15.7. The van der Waals surface area contributed by atoms with E-state index in [9.17, 15) is 8.78 Å². The molecule has 2 aromatic carbocycles. The summed E-state index contributed by atoms with van der Waals surface area (Å²) in [7, 11) is 1.61. The lowest BCUT2D eigenvalue weighted by Crippen LogP contribution is -2.20. The zero-order chi connectivity index (χ0) is 14.9. The van der Waals surface area contributed by atoms with Crippen LogP contribution in [0.3, 0.4) is 0 Å². The SMILES string of the molecule is CNC(c1cccc(Cl)c1F)c1ccc(Br)c(Cl)c1F. The van der Waals surface area contributed by atoms with Crippen LogP contribution in [0.25, 0.3) is 0 Å². The van der Waals surface area contributed by atoms with Crippen molar-refractivity contribution < 1.29 is 8.78 Å². The van der Waals surface area contributed by atoms with Gasteiger partial charge in [-0.3, -0.25) is 0 Å². The first-order chi connectivity index (χ1) is 9.47. The topological polar surface area (TPSA) is 12.0 Å². The van der Waals surface area contributed by atoms with Crippen molar-refractivity contribution in [3.8, 4) is 0 Å². The predicted molar refractivity (Wildman–Crippen MR) is 81.4 cm³/mol. The highest BCUT2D eigenvalue weighted by Crippen LogP contribution is 2.34. The fraction of sp³-hybridized carbons (Fsp3) is 0.143. The van der Waals surface area contributed by atoms with E-state index in [0.717, 1.165) is 0 Å². The maximum Gasteiger partial charge on any atom is 0.148 e. The smallest absolute Gasteiger partial charge is 0.148 e. The van der Waals surface area contributed by atoms with E-state index in [1.54, 1.807) is 31.3 Å². The molecule has 0 bridgehead atoms. The van der Waals surface area contributed by atoms with Gasteiger partial charge in [0.15, 0.2) is 0 Å². The van der Waals surface area contributed by atoms with Crippen molar-refractivity contribution in [1.29, 1.82) is 0 Å². The molecular weight excluding hydrogens is 371 g/mol. The third kappa shape index (κ3) is 2.84. The van der Waals surface area contributed by atoms with Crippen LogP contribution in [0.5, 0.6) is 0 Å². The summed E-state index contributed by atoms with van der Waals surface area (Å²) in [6.07, 6.45) is 0. The minimum atomic E-state index is -0.681. The Morgan fingerprint density at radius 2 is 1.70 bits per heavy atom. The van der Waals surface area contributed by atoms with E-state index < -0.39 is 17.7 Å². The molecule has 0 radical (unpaired) electrons. The molecule has 0 aromatic heterocycles. The van der Waals surface area contributed by atoms with Crippen LogP contribution in [0.4, 0.5) is 8.78 Å². The summed E-state index contributed by atoms with van der Waals surface area (Å²) in [5, 5.41) is 2.83. The minimum absolute atomic E-state index is 0.00799. The number of rotatable bonds is 3. The maximum absolute atomic E-state index is 14.3. The lowest BCUT2D eigenvalue weighted by molar-refractivity contribution is 0.547. The third-order valence-corrected chi connectivity index (χ3v) is 4.51. The molecule has 0 fully saturated rings. The van der Waals surface area contributed by atoms with Crippen LogP contribution in [-0.4, -0.2) is 7.05 Å². The number of nitrogens with one attached hydrogen (secondary N) is 1. The second kappa shape index (κ2) is 6.39. The molecule has 20 heavy (non-hydrogen) atoms. The molecule has 106 valence electrons. The van der Waals surface area contributed by atoms with Crippen LogP contribution < -0.4 is 5.32 Å². The lowest BCUT2D eigenvalue weighted by Gasteiger charge is -2.19. The van der Waals surface area contributed by atoms with Crippen molar-refractivity contribution in [3.63, 3.8) is 0 Å². The van der Waals surface area contributed by atoms with Gasteiger partial charge in [-0.1, -0.05) is 41.4 Å². The second-order valence-corrected chi connectivity index (χ2v) is 5.77. The molecule has 0 spiro atoms. The van der Waals surface area contributed by atoms with Gasteiger partial charge in [0.05, 0.1) is 16.1 Å². The van der Waals surface area contributed by atoms with E-state index in [0.29, 0.717) is 4.47 Å². The van der Waals surface area contributed by atoms with Crippen molar-refractivity contribution in [2.75, 3.05) is 7.05 Å². The van der Waals surface area contributed by atoms with E-state index >= 15 is 0 Å². The van der Waals surface area contributed by atoms with Gasteiger partial charge >= 0.3 is 0 Å². The fourth-order valence-corrected chi connectivity index (χ4v) is 2.65. The highest BCUT2D eigenvalue weighted by atomic mass is 79.9. The number of hydrogen-bond acceptors (Lipinski definition) is 1. The molecular formula is C14H10BrCl2F2N. The van der Waals surface area contributed by atoms with Crippen molar-refractivity contribution in [1.82, 2.24) is 5.32 Å². The maximum atomic E-state index is 14.3. The van der Waals surface area contributed by atoms with Gasteiger partial charge in [0.1, 0.15) is 11.6 Å². The summed E-state index contributed by atoms with van der Waals surface area (Å²) < 4.78 is 28.8. The molecule has 0 saturated carbocycles. The number of hydrogen-bond donors (Lipinski definition) is 1. The first-order valence-electron chi connectivity index (χ1n) is 5.72. The largest absolute Gasteiger partial charge is 0.309 e. The van der Waals surface area contributed by atoms with Crippen LogP contribution in [0.2, 0.25) is 10.0 Å². The lowest BCUT2D eigenvalue weighted by atomic mass is 9.98. The van der Waals surface area contributed by atoms with Crippen LogP contribution in [0.1, 0.15) is 17.2 Å². The summed E-state index contributed by atoms with van der Waals surface area (Å²) in [6, 6.07) is 7.10. The van der Waals surface area contributed by atoms with Crippen LogP contribution >= 0.6 is 39.1 Å². The first-order valence-corrected chi connectivity index (χ1v) is 7.26. The van der Waals surface area contributed by atoms with Gasteiger partial charge < -0.3 is 5.32 Å². The van der Waals surface area contributed by atoms with Crippen LogP contribution in [-0.2, 0) is 0 Å². The zero-order valence-corrected chi connectivity index (χ0v) is 13.5. The predicted octanol–water partition coefficient (Wildman–Crippen LogP) is 5.34. The Hall–Kier alpha value is -0.680. The highest BCUT2D eigenvalue weighted by molar-refractivity contribution is 9.10. The summed E-state index contributed by atoms with van der Waals surface area (Å²) in [4.78, 5) is 0. The molecule has 0 aliphatic carbocycles. The molecule has 0 aliphatic rings. The third-order valence-electron chi connectivity index (χ3n) is 2.96. The fourth-order valence-electron chi connectivity index (χ4n) is 1.99. The molecule has 0 saturated heterocycles. The standard InChI is InChI=1S/C14H10BrCl2F2N/c1-20-14(7-3-2-4-10(16)12(7)18)8-5-6-9(15)11(17)13(8)19/h2-6,14,20H,1H3. The Balaban J connectivity index is 2.59. The van der Waals surface area contributed by atoms with Crippen molar-refractivity contribution in [2.45, 2.75) is 6.04 Å². The van der Waals surface area contributed by atoms with Crippen molar-refractivity contribution in [2.24, 2.45) is 0 Å². The second-order valence-electron chi connectivity index (χ2n) is 4.13. The summed E-state index contributed by atoms with van der Waals surface area (Å²) in [5.74, 6) is -1.17. The quantitative estimate of drug-likeness (QED) is 0.708. The number of benzene rings is 2. The Morgan fingerprint density at radius 1 is 1.05 bits per heavy atom. The van der Waals surface area contributed by atoms with E-state index in [-0.39, 0.29) is 21.2 Å². The summed E-state index contributed by atoms with van der Waals surface area (Å²) in [5.41, 5.74) is 0.513. The molecule has 2 aromatic rings. The highest BCUT2D eigenvalue weighted by Gasteiger charge is 2.22. The van der Waals surface area contributed by atoms with Gasteiger partial charge in [-0.2, -0.15) is 0 Å². The molecule has 0 aliphatic heterocycles. The minimum Gasteiger partial charge on any atom is -0.309 e. The average Bonchev–Trinajstić information content (AvgIpc) is 2.44. The van der Waals surface area contributed by atoms with Gasteiger partial charge in [-0.05, 0) is 35.1 Å². The monoisotopic (exact) mass is 379 g/mol. The molecule has 1 nitrogen and oxygen atoms in total. The molecule has 0 amide bonds. The molecule has 0 heterocycles. The molecule has 1 unspecified atom stereocenters.